The van der Waals surface area contributed by atoms with E-state index < -0.39 is 22.2 Å². The zero-order valence-corrected chi connectivity index (χ0v) is 13.3. The van der Waals surface area contributed by atoms with Crippen LogP contribution >= 0.6 is 0 Å². The molecule has 132 valence electrons. The molecule has 0 saturated heterocycles. The van der Waals surface area contributed by atoms with Crippen molar-refractivity contribution in [1.82, 2.24) is 9.97 Å². The van der Waals surface area contributed by atoms with Gasteiger partial charge in [0.2, 0.25) is 11.6 Å². The average Bonchev–Trinajstić information content (AvgIpc) is 2.64. The maximum Gasteiger partial charge on any atom is 0.353 e. The Hall–Kier alpha value is -3.62. The standard InChI is InChI=1S/C17H13F2N5O2/c18-13-7-6-12(8-14(13)19)23-17-15(24(25)26)16(21-10-22-17)20-9-11-4-2-1-3-5-11/h1-8,10H,9H2,(H2,20,21,22,23). The minimum atomic E-state index is -1.07. The largest absolute Gasteiger partial charge is 0.360 e. The Morgan fingerprint density at radius 3 is 2.42 bits per heavy atom. The third-order valence-corrected chi connectivity index (χ3v) is 3.49. The molecule has 7 nitrogen and oxygen atoms in total. The van der Waals surface area contributed by atoms with Crippen LogP contribution in [0.1, 0.15) is 5.56 Å². The molecule has 0 aliphatic heterocycles. The van der Waals surface area contributed by atoms with Crippen LogP contribution in [0.3, 0.4) is 0 Å². The Morgan fingerprint density at radius 1 is 1.00 bits per heavy atom. The van der Waals surface area contributed by atoms with Crippen molar-refractivity contribution in [2.24, 2.45) is 0 Å². The zero-order chi connectivity index (χ0) is 18.5. The molecule has 1 heterocycles. The highest BCUT2D eigenvalue weighted by Crippen LogP contribution is 2.31. The molecule has 0 unspecified atom stereocenters. The number of hydrogen-bond donors (Lipinski definition) is 2. The van der Waals surface area contributed by atoms with Crippen LogP contribution in [0.25, 0.3) is 0 Å². The van der Waals surface area contributed by atoms with Crippen LogP contribution in [0.5, 0.6) is 0 Å². The maximum atomic E-state index is 13.3. The third-order valence-electron chi connectivity index (χ3n) is 3.49. The van der Waals surface area contributed by atoms with Crippen LogP contribution in [-0.2, 0) is 6.54 Å². The van der Waals surface area contributed by atoms with Gasteiger partial charge in [-0.2, -0.15) is 0 Å². The Kier molecular flexibility index (Phi) is 4.97. The van der Waals surface area contributed by atoms with Crippen LogP contribution < -0.4 is 10.6 Å². The van der Waals surface area contributed by atoms with Crippen LogP contribution in [0.2, 0.25) is 0 Å². The van der Waals surface area contributed by atoms with Gasteiger partial charge in [0.1, 0.15) is 6.33 Å². The molecule has 3 rings (SSSR count). The minimum Gasteiger partial charge on any atom is -0.360 e. The summed E-state index contributed by atoms with van der Waals surface area (Å²) in [7, 11) is 0. The summed E-state index contributed by atoms with van der Waals surface area (Å²) in [6.45, 7) is 0.323. The second kappa shape index (κ2) is 7.51. The van der Waals surface area contributed by atoms with Gasteiger partial charge in [0.25, 0.3) is 0 Å². The van der Waals surface area contributed by atoms with Gasteiger partial charge in [0.05, 0.1) is 4.92 Å². The molecule has 9 heteroatoms. The van der Waals surface area contributed by atoms with Gasteiger partial charge >= 0.3 is 5.69 Å². The number of benzene rings is 2. The van der Waals surface area contributed by atoms with Crippen molar-refractivity contribution >= 4 is 23.0 Å². The van der Waals surface area contributed by atoms with Crippen molar-refractivity contribution in [3.05, 3.63) is 82.2 Å². The van der Waals surface area contributed by atoms with Gasteiger partial charge in [-0.15, -0.1) is 0 Å². The second-order valence-corrected chi connectivity index (χ2v) is 5.27. The van der Waals surface area contributed by atoms with Gasteiger partial charge in [-0.3, -0.25) is 10.1 Å². The maximum absolute atomic E-state index is 13.3. The molecule has 0 fully saturated rings. The van der Waals surface area contributed by atoms with E-state index in [1.807, 2.05) is 30.3 Å². The number of aromatic nitrogens is 2. The first-order valence-electron chi connectivity index (χ1n) is 7.54. The molecular weight excluding hydrogens is 344 g/mol. The van der Waals surface area contributed by atoms with Crippen molar-refractivity contribution in [1.29, 1.82) is 0 Å². The fourth-order valence-corrected chi connectivity index (χ4v) is 2.26. The fourth-order valence-electron chi connectivity index (χ4n) is 2.26. The molecule has 0 saturated carbocycles. The summed E-state index contributed by atoms with van der Waals surface area (Å²) >= 11 is 0. The zero-order valence-electron chi connectivity index (χ0n) is 13.3. The molecule has 2 aromatic carbocycles. The number of nitro groups is 1. The fraction of sp³-hybridized carbons (Fsp3) is 0.0588. The Labute approximate surface area is 146 Å². The number of hydrogen-bond acceptors (Lipinski definition) is 6. The van der Waals surface area contributed by atoms with Crippen LogP contribution in [0, 0.1) is 21.7 Å². The summed E-state index contributed by atoms with van der Waals surface area (Å²) in [6, 6.07) is 12.3. The molecular formula is C17H13F2N5O2. The summed E-state index contributed by atoms with van der Waals surface area (Å²) in [5.41, 5.74) is 0.642. The van der Waals surface area contributed by atoms with E-state index in [1.54, 1.807) is 0 Å². The average molecular weight is 357 g/mol. The van der Waals surface area contributed by atoms with Crippen molar-refractivity contribution in [3.63, 3.8) is 0 Å². The summed E-state index contributed by atoms with van der Waals surface area (Å²) in [4.78, 5) is 18.6. The lowest BCUT2D eigenvalue weighted by atomic mass is 10.2. The number of nitrogens with zero attached hydrogens (tertiary/aromatic N) is 3. The lowest BCUT2D eigenvalue weighted by molar-refractivity contribution is -0.383. The molecule has 2 N–H and O–H groups in total. The molecule has 1 aromatic heterocycles. The predicted octanol–water partition coefficient (Wildman–Crippen LogP) is 4.02. The highest BCUT2D eigenvalue weighted by Gasteiger charge is 2.23. The number of halogens is 2. The van der Waals surface area contributed by atoms with Crippen molar-refractivity contribution in [3.8, 4) is 0 Å². The number of rotatable bonds is 6. The third kappa shape index (κ3) is 3.89. The molecule has 0 aliphatic carbocycles. The molecule has 26 heavy (non-hydrogen) atoms. The first kappa shape index (κ1) is 17.2. The summed E-state index contributed by atoms with van der Waals surface area (Å²) in [5, 5.41) is 17.0. The van der Waals surface area contributed by atoms with Crippen molar-refractivity contribution in [2.45, 2.75) is 6.54 Å². The topological polar surface area (TPSA) is 93.0 Å². The first-order valence-corrected chi connectivity index (χ1v) is 7.54. The summed E-state index contributed by atoms with van der Waals surface area (Å²) in [6.07, 6.45) is 1.14. The van der Waals surface area contributed by atoms with E-state index in [0.717, 1.165) is 24.0 Å². The van der Waals surface area contributed by atoms with E-state index in [4.69, 9.17) is 0 Å². The number of nitrogens with one attached hydrogen (secondary N) is 2. The van der Waals surface area contributed by atoms with Crippen molar-refractivity contribution in [2.75, 3.05) is 10.6 Å². The van der Waals surface area contributed by atoms with Gasteiger partial charge in [-0.1, -0.05) is 30.3 Å². The monoisotopic (exact) mass is 357 g/mol. The van der Waals surface area contributed by atoms with Gasteiger partial charge in [0, 0.05) is 18.3 Å². The van der Waals surface area contributed by atoms with Gasteiger partial charge in [0.15, 0.2) is 11.6 Å². The molecule has 0 spiro atoms. The van der Waals surface area contributed by atoms with Gasteiger partial charge < -0.3 is 10.6 Å². The highest BCUT2D eigenvalue weighted by molar-refractivity contribution is 5.73. The molecule has 0 amide bonds. The molecule has 0 aliphatic rings. The van der Waals surface area contributed by atoms with E-state index in [2.05, 4.69) is 20.6 Å². The quantitative estimate of drug-likeness (QED) is 0.511. The minimum absolute atomic E-state index is 0.0129. The van der Waals surface area contributed by atoms with Gasteiger partial charge in [-0.05, 0) is 17.7 Å². The smallest absolute Gasteiger partial charge is 0.353 e. The molecule has 3 aromatic rings. The molecule has 0 radical (unpaired) electrons. The Balaban J connectivity index is 1.88. The van der Waals surface area contributed by atoms with Crippen LogP contribution in [0.4, 0.5) is 31.8 Å². The second-order valence-electron chi connectivity index (χ2n) is 5.27. The Morgan fingerprint density at radius 2 is 1.73 bits per heavy atom. The normalized spacial score (nSPS) is 10.4. The lowest BCUT2D eigenvalue weighted by Gasteiger charge is -2.10. The summed E-state index contributed by atoms with van der Waals surface area (Å²) in [5.74, 6) is -2.21. The predicted molar refractivity (Wildman–Crippen MR) is 92.1 cm³/mol. The van der Waals surface area contributed by atoms with Crippen LogP contribution in [-0.4, -0.2) is 14.9 Å². The number of anilines is 3. The van der Waals surface area contributed by atoms with E-state index in [-0.39, 0.29) is 17.3 Å². The molecule has 0 bridgehead atoms. The SMILES string of the molecule is O=[N+]([O-])c1c(NCc2ccccc2)ncnc1Nc1ccc(F)c(F)c1. The highest BCUT2D eigenvalue weighted by atomic mass is 19.2. The lowest BCUT2D eigenvalue weighted by Crippen LogP contribution is -2.08. The molecule has 0 atom stereocenters. The van der Waals surface area contributed by atoms with E-state index in [0.29, 0.717) is 6.54 Å². The van der Waals surface area contributed by atoms with E-state index >= 15 is 0 Å². The van der Waals surface area contributed by atoms with Crippen LogP contribution in [0.15, 0.2) is 54.9 Å². The summed E-state index contributed by atoms with van der Waals surface area (Å²) < 4.78 is 26.4. The Bertz CT molecular complexity index is 938. The first-order chi connectivity index (χ1) is 12.5. The van der Waals surface area contributed by atoms with E-state index in [9.17, 15) is 18.9 Å². The van der Waals surface area contributed by atoms with Gasteiger partial charge in [-0.25, -0.2) is 18.7 Å². The van der Waals surface area contributed by atoms with Crippen molar-refractivity contribution < 1.29 is 13.7 Å². The van der Waals surface area contributed by atoms with E-state index in [1.165, 1.54) is 6.07 Å².